The van der Waals surface area contributed by atoms with Crippen molar-refractivity contribution in [3.8, 4) is 0 Å². The smallest absolute Gasteiger partial charge is 0.0655 e. The molecule has 0 aromatic carbocycles. The zero-order chi connectivity index (χ0) is 11.5. The number of nitrogens with one attached hydrogen (secondary N) is 1. The van der Waals surface area contributed by atoms with Gasteiger partial charge in [0.2, 0.25) is 0 Å². The summed E-state index contributed by atoms with van der Waals surface area (Å²) in [5.41, 5.74) is 3.05. The minimum Gasteiger partial charge on any atom is -0.378 e. The minimum absolute atomic E-state index is 0.239. The van der Waals surface area contributed by atoms with Crippen molar-refractivity contribution >= 4 is 11.6 Å². The van der Waals surface area contributed by atoms with Crippen LogP contribution in [0, 0.1) is 5.41 Å². The lowest BCUT2D eigenvalue weighted by Crippen LogP contribution is -2.61. The Balaban J connectivity index is 2.35. The van der Waals surface area contributed by atoms with E-state index in [2.05, 4.69) is 26.1 Å². The molecule has 2 nitrogen and oxygen atoms in total. The molecule has 1 saturated carbocycles. The van der Waals surface area contributed by atoms with Crippen molar-refractivity contribution < 1.29 is 4.74 Å². The second kappa shape index (κ2) is 5.33. The summed E-state index contributed by atoms with van der Waals surface area (Å²) in [7, 11) is 0. The van der Waals surface area contributed by atoms with Gasteiger partial charge in [-0.25, -0.2) is 0 Å². The van der Waals surface area contributed by atoms with Crippen molar-refractivity contribution in [3.05, 3.63) is 11.1 Å². The molecule has 88 valence electrons. The maximum Gasteiger partial charge on any atom is 0.0655 e. The van der Waals surface area contributed by atoms with Crippen LogP contribution >= 0.6 is 11.6 Å². The third-order valence-electron chi connectivity index (χ3n) is 3.36. The monoisotopic (exact) mass is 231 g/mol. The average molecular weight is 232 g/mol. The van der Waals surface area contributed by atoms with Crippen molar-refractivity contribution in [1.29, 1.82) is 0 Å². The molecule has 0 radical (unpaired) electrons. The third kappa shape index (κ3) is 2.96. The van der Waals surface area contributed by atoms with Gasteiger partial charge in [-0.3, -0.25) is 0 Å². The SMILES string of the molecule is CCOC1CC(NCC(C)=CCl)C1(C)C. The Morgan fingerprint density at radius 1 is 1.60 bits per heavy atom. The molecular formula is C12H22ClNO. The summed E-state index contributed by atoms with van der Waals surface area (Å²) in [6.07, 6.45) is 1.51. The van der Waals surface area contributed by atoms with Gasteiger partial charge in [0.05, 0.1) is 6.10 Å². The minimum atomic E-state index is 0.239. The van der Waals surface area contributed by atoms with Gasteiger partial charge >= 0.3 is 0 Å². The molecule has 1 aliphatic carbocycles. The Labute approximate surface area is 98.0 Å². The molecular weight excluding hydrogens is 210 g/mol. The number of ether oxygens (including phenoxy) is 1. The van der Waals surface area contributed by atoms with Gasteiger partial charge in [0.25, 0.3) is 0 Å². The van der Waals surface area contributed by atoms with E-state index >= 15 is 0 Å². The number of hydrogen-bond donors (Lipinski definition) is 1. The highest BCUT2D eigenvalue weighted by Crippen LogP contribution is 2.42. The number of rotatable bonds is 5. The van der Waals surface area contributed by atoms with Crippen LogP contribution in [0.5, 0.6) is 0 Å². The zero-order valence-corrected chi connectivity index (χ0v) is 10.9. The highest BCUT2D eigenvalue weighted by atomic mass is 35.5. The fourth-order valence-corrected chi connectivity index (χ4v) is 2.12. The van der Waals surface area contributed by atoms with Crippen molar-refractivity contribution in [2.45, 2.75) is 46.3 Å². The second-order valence-corrected chi connectivity index (χ2v) is 5.11. The van der Waals surface area contributed by atoms with Gasteiger partial charge in [-0.15, -0.1) is 0 Å². The third-order valence-corrected chi connectivity index (χ3v) is 3.73. The lowest BCUT2D eigenvalue weighted by molar-refractivity contribution is -0.113. The van der Waals surface area contributed by atoms with E-state index in [0.29, 0.717) is 12.1 Å². The van der Waals surface area contributed by atoms with E-state index in [9.17, 15) is 0 Å². The highest BCUT2D eigenvalue weighted by Gasteiger charge is 2.48. The summed E-state index contributed by atoms with van der Waals surface area (Å²) >= 11 is 5.62. The van der Waals surface area contributed by atoms with E-state index < -0.39 is 0 Å². The van der Waals surface area contributed by atoms with Gasteiger partial charge < -0.3 is 10.1 Å². The summed E-state index contributed by atoms with van der Waals surface area (Å²) in [5.74, 6) is 0. The van der Waals surface area contributed by atoms with Crippen LogP contribution in [-0.2, 0) is 4.74 Å². The molecule has 0 heterocycles. The lowest BCUT2D eigenvalue weighted by Gasteiger charge is -2.52. The number of halogens is 1. The van der Waals surface area contributed by atoms with E-state index in [1.54, 1.807) is 5.54 Å². The summed E-state index contributed by atoms with van der Waals surface area (Å²) in [5, 5.41) is 3.52. The van der Waals surface area contributed by atoms with Crippen LogP contribution in [0.15, 0.2) is 11.1 Å². The molecule has 3 heteroatoms. The van der Waals surface area contributed by atoms with E-state index in [1.165, 1.54) is 5.57 Å². The normalized spacial score (nSPS) is 30.1. The molecule has 1 N–H and O–H groups in total. The first-order valence-corrected chi connectivity index (χ1v) is 6.06. The van der Waals surface area contributed by atoms with Crippen molar-refractivity contribution in [2.75, 3.05) is 13.2 Å². The van der Waals surface area contributed by atoms with E-state index in [4.69, 9.17) is 16.3 Å². The summed E-state index contributed by atoms with van der Waals surface area (Å²) < 4.78 is 5.68. The first-order chi connectivity index (χ1) is 7.02. The first-order valence-electron chi connectivity index (χ1n) is 5.63. The highest BCUT2D eigenvalue weighted by molar-refractivity contribution is 6.25. The van der Waals surface area contributed by atoms with Crippen molar-refractivity contribution in [3.63, 3.8) is 0 Å². The Kier molecular flexibility index (Phi) is 4.63. The van der Waals surface area contributed by atoms with Crippen LogP contribution in [0.2, 0.25) is 0 Å². The molecule has 1 fully saturated rings. The largest absolute Gasteiger partial charge is 0.378 e. The maximum absolute atomic E-state index is 5.68. The van der Waals surface area contributed by atoms with Gasteiger partial charge in [-0.05, 0) is 25.8 Å². The van der Waals surface area contributed by atoms with Crippen LogP contribution in [0.1, 0.15) is 34.1 Å². The quantitative estimate of drug-likeness (QED) is 0.786. The standard InChI is InChI=1S/C12H22ClNO/c1-5-15-11-6-10(12(11,3)4)14-8-9(2)7-13/h7,10-11,14H,5-6,8H2,1-4H3. The Bertz CT molecular complexity index is 238. The average Bonchev–Trinajstić information content (AvgIpc) is 2.21. The Morgan fingerprint density at radius 2 is 2.27 bits per heavy atom. The van der Waals surface area contributed by atoms with Gasteiger partial charge in [-0.2, -0.15) is 0 Å². The molecule has 0 spiro atoms. The fraction of sp³-hybridized carbons (Fsp3) is 0.833. The molecule has 0 amide bonds. The Hall–Kier alpha value is -0.0500. The Morgan fingerprint density at radius 3 is 2.73 bits per heavy atom. The van der Waals surface area contributed by atoms with Gasteiger partial charge in [0.15, 0.2) is 0 Å². The van der Waals surface area contributed by atoms with E-state index in [-0.39, 0.29) is 5.41 Å². The van der Waals surface area contributed by atoms with Crippen molar-refractivity contribution in [1.82, 2.24) is 5.32 Å². The second-order valence-electron chi connectivity index (χ2n) is 4.89. The number of hydrogen-bond acceptors (Lipinski definition) is 2. The van der Waals surface area contributed by atoms with Crippen LogP contribution < -0.4 is 5.32 Å². The molecule has 0 aromatic rings. The van der Waals surface area contributed by atoms with Crippen LogP contribution in [0.4, 0.5) is 0 Å². The molecule has 0 aromatic heterocycles. The maximum atomic E-state index is 5.68. The van der Waals surface area contributed by atoms with E-state index in [1.807, 2.05) is 6.92 Å². The van der Waals surface area contributed by atoms with Crippen LogP contribution in [-0.4, -0.2) is 25.3 Å². The zero-order valence-electron chi connectivity index (χ0n) is 10.1. The molecule has 1 rings (SSSR count). The molecule has 2 unspecified atom stereocenters. The fourth-order valence-electron chi connectivity index (χ4n) is 2.04. The molecule has 0 saturated heterocycles. The molecule has 1 aliphatic rings. The van der Waals surface area contributed by atoms with Gasteiger partial charge in [-0.1, -0.05) is 25.4 Å². The summed E-state index contributed by atoms with van der Waals surface area (Å²) in [6, 6.07) is 0.542. The molecule has 0 aliphatic heterocycles. The summed E-state index contributed by atoms with van der Waals surface area (Å²) in [4.78, 5) is 0. The topological polar surface area (TPSA) is 21.3 Å². The van der Waals surface area contributed by atoms with Crippen molar-refractivity contribution in [2.24, 2.45) is 5.41 Å². The predicted molar refractivity (Wildman–Crippen MR) is 65.2 cm³/mol. The summed E-state index contributed by atoms with van der Waals surface area (Å²) in [6.45, 7) is 10.3. The predicted octanol–water partition coefficient (Wildman–Crippen LogP) is 2.92. The van der Waals surface area contributed by atoms with Crippen LogP contribution in [0.25, 0.3) is 0 Å². The molecule has 15 heavy (non-hydrogen) atoms. The molecule has 0 bridgehead atoms. The first kappa shape index (κ1) is 13.0. The van der Waals surface area contributed by atoms with Gasteiger partial charge in [0.1, 0.15) is 0 Å². The van der Waals surface area contributed by atoms with Gasteiger partial charge in [0, 0.05) is 30.1 Å². The lowest BCUT2D eigenvalue weighted by atomic mass is 9.64. The molecule has 2 atom stereocenters. The van der Waals surface area contributed by atoms with Crippen LogP contribution in [0.3, 0.4) is 0 Å². The van der Waals surface area contributed by atoms with E-state index in [0.717, 1.165) is 19.6 Å².